The van der Waals surface area contributed by atoms with Crippen LogP contribution in [-0.2, 0) is 28.0 Å². The van der Waals surface area contributed by atoms with Gasteiger partial charge in [-0.1, -0.05) is 43.5 Å². The van der Waals surface area contributed by atoms with E-state index in [-0.39, 0.29) is 30.0 Å². The summed E-state index contributed by atoms with van der Waals surface area (Å²) in [6.07, 6.45) is 8.24. The number of carbonyl (C=O) groups is 2. The zero-order chi connectivity index (χ0) is 29.6. The Balaban J connectivity index is 1.34. The van der Waals surface area contributed by atoms with Crippen LogP contribution in [0.4, 0.5) is 10.5 Å². The first-order valence-electron chi connectivity index (χ1n) is 14.2. The molecular formula is C32H35N5O5. The van der Waals surface area contributed by atoms with E-state index in [0.29, 0.717) is 12.1 Å². The van der Waals surface area contributed by atoms with Gasteiger partial charge in [0.2, 0.25) is 5.91 Å². The van der Waals surface area contributed by atoms with Crippen LogP contribution in [-0.4, -0.2) is 39.0 Å². The lowest BCUT2D eigenvalue weighted by Gasteiger charge is -2.38. The molecule has 0 spiro atoms. The fraction of sp³-hybridized carbons (Fsp3) is 0.344. The van der Waals surface area contributed by atoms with Crippen molar-refractivity contribution in [2.24, 2.45) is 0 Å². The first-order valence-corrected chi connectivity index (χ1v) is 14.2. The minimum Gasteiger partial charge on any atom is -0.445 e. The maximum Gasteiger partial charge on any atom is 0.408 e. The number of nitro benzene ring substituents is 1. The molecule has 2 aromatic carbocycles. The molecular weight excluding hydrogens is 534 g/mol. The highest BCUT2D eigenvalue weighted by Gasteiger charge is 2.40. The second-order valence-corrected chi connectivity index (χ2v) is 11.2. The number of carbonyl (C=O) groups excluding carboxylic acids is 2. The van der Waals surface area contributed by atoms with Crippen molar-refractivity contribution in [1.82, 2.24) is 20.6 Å². The van der Waals surface area contributed by atoms with Gasteiger partial charge in [-0.15, -0.1) is 0 Å². The van der Waals surface area contributed by atoms with Gasteiger partial charge in [0, 0.05) is 59.5 Å². The number of nitrogens with zero attached hydrogens (tertiary/aromatic N) is 2. The lowest BCUT2D eigenvalue weighted by Crippen LogP contribution is -2.59. The number of non-ortho nitro benzene ring substituents is 1. The van der Waals surface area contributed by atoms with Crippen LogP contribution < -0.4 is 10.6 Å². The first kappa shape index (κ1) is 28.8. The molecule has 2 amide bonds. The van der Waals surface area contributed by atoms with Crippen molar-refractivity contribution in [2.45, 2.75) is 63.0 Å². The lowest BCUT2D eigenvalue weighted by atomic mass is 9.71. The number of amides is 2. The third-order valence-corrected chi connectivity index (χ3v) is 8.22. The summed E-state index contributed by atoms with van der Waals surface area (Å²) in [7, 11) is 0. The molecule has 4 aromatic rings. The quantitative estimate of drug-likeness (QED) is 0.165. The average molecular weight is 570 g/mol. The summed E-state index contributed by atoms with van der Waals surface area (Å²) in [5, 5.41) is 17.9. The Bertz CT molecular complexity index is 1550. The summed E-state index contributed by atoms with van der Waals surface area (Å²) in [5.74, 6) is -0.319. The third-order valence-electron chi connectivity index (χ3n) is 8.22. The van der Waals surface area contributed by atoms with Crippen molar-refractivity contribution in [3.8, 4) is 0 Å². The van der Waals surface area contributed by atoms with Gasteiger partial charge in [-0.3, -0.25) is 19.9 Å². The van der Waals surface area contributed by atoms with Gasteiger partial charge in [0.1, 0.15) is 12.1 Å². The molecule has 42 heavy (non-hydrogen) atoms. The van der Waals surface area contributed by atoms with Gasteiger partial charge in [-0.2, -0.15) is 0 Å². The van der Waals surface area contributed by atoms with Crippen molar-refractivity contribution in [3.63, 3.8) is 0 Å². The number of nitrogens with one attached hydrogen (secondary N) is 3. The van der Waals surface area contributed by atoms with E-state index in [1.165, 1.54) is 24.3 Å². The predicted molar refractivity (Wildman–Crippen MR) is 159 cm³/mol. The van der Waals surface area contributed by atoms with Crippen molar-refractivity contribution in [3.05, 3.63) is 106 Å². The molecule has 0 aliphatic heterocycles. The number of aromatic nitrogens is 2. The number of para-hydroxylation sites is 1. The Kier molecular flexibility index (Phi) is 8.51. The standard InChI is InChI=1S/C32H35N5O5/c1-31(19-24-20-34-27-10-4-3-9-26(24)27,36-30(39)42-21-23-12-14-25(15-13-23)37(40)41)29(38)35-22-32(16-6-2-7-17-32)28-11-5-8-18-33-28/h3-5,8-15,18,20,34H,2,6-7,16-17,19,21-22H2,1H3,(H,35,38)(H,36,39). The summed E-state index contributed by atoms with van der Waals surface area (Å²) in [6.45, 7) is 2.01. The molecule has 0 saturated heterocycles. The van der Waals surface area contributed by atoms with Crippen LogP contribution in [0.2, 0.25) is 0 Å². The molecule has 1 atom stereocenters. The Hall–Kier alpha value is -4.73. The Labute approximate surface area is 244 Å². The second kappa shape index (κ2) is 12.4. The molecule has 0 radical (unpaired) electrons. The van der Waals surface area contributed by atoms with Gasteiger partial charge in [0.25, 0.3) is 5.69 Å². The fourth-order valence-corrected chi connectivity index (χ4v) is 5.84. The number of hydrogen-bond donors (Lipinski definition) is 3. The normalized spacial score (nSPS) is 15.8. The number of rotatable bonds is 10. The number of alkyl carbamates (subject to hydrolysis) is 1. The molecule has 10 nitrogen and oxygen atoms in total. The molecule has 10 heteroatoms. The van der Waals surface area contributed by atoms with E-state index in [1.54, 1.807) is 13.1 Å². The SMILES string of the molecule is CC(Cc1c[nH]c2ccccc12)(NC(=O)OCc1ccc([N+](=O)[O-])cc1)C(=O)NCC1(c2ccccn2)CCCCC1. The number of fused-ring (bicyclic) bond motifs is 1. The topological polar surface area (TPSA) is 139 Å². The van der Waals surface area contributed by atoms with Crippen LogP contribution in [0.5, 0.6) is 0 Å². The zero-order valence-corrected chi connectivity index (χ0v) is 23.6. The number of aromatic amines is 1. The summed E-state index contributed by atoms with van der Waals surface area (Å²) in [5.41, 5.74) is 1.73. The van der Waals surface area contributed by atoms with E-state index in [9.17, 15) is 19.7 Å². The third kappa shape index (κ3) is 6.43. The molecule has 1 aliphatic rings. The van der Waals surface area contributed by atoms with Crippen LogP contribution in [0.3, 0.4) is 0 Å². The van der Waals surface area contributed by atoms with Crippen LogP contribution >= 0.6 is 0 Å². The van der Waals surface area contributed by atoms with Crippen molar-refractivity contribution < 1.29 is 19.2 Å². The van der Waals surface area contributed by atoms with E-state index in [4.69, 9.17) is 4.74 Å². The van der Waals surface area contributed by atoms with E-state index in [1.807, 2.05) is 48.7 Å². The van der Waals surface area contributed by atoms with E-state index in [2.05, 4.69) is 20.6 Å². The zero-order valence-electron chi connectivity index (χ0n) is 23.6. The Morgan fingerprint density at radius 2 is 1.79 bits per heavy atom. The van der Waals surface area contributed by atoms with Gasteiger partial charge in [-0.05, 0) is 61.2 Å². The summed E-state index contributed by atoms with van der Waals surface area (Å²) in [4.78, 5) is 45.4. The number of hydrogen-bond acceptors (Lipinski definition) is 6. The van der Waals surface area contributed by atoms with E-state index in [0.717, 1.165) is 54.3 Å². The van der Waals surface area contributed by atoms with Crippen molar-refractivity contribution in [2.75, 3.05) is 6.54 Å². The maximum absolute atomic E-state index is 14.0. The molecule has 2 heterocycles. The first-order chi connectivity index (χ1) is 20.3. The molecule has 1 fully saturated rings. The van der Waals surface area contributed by atoms with Crippen molar-refractivity contribution >= 4 is 28.6 Å². The monoisotopic (exact) mass is 569 g/mol. The highest BCUT2D eigenvalue weighted by atomic mass is 16.6. The van der Waals surface area contributed by atoms with E-state index < -0.39 is 16.6 Å². The fourth-order valence-electron chi connectivity index (χ4n) is 5.84. The number of nitro groups is 1. The van der Waals surface area contributed by atoms with Crippen LogP contribution in [0.15, 0.2) is 79.1 Å². The number of benzene rings is 2. The smallest absolute Gasteiger partial charge is 0.408 e. The molecule has 1 unspecified atom stereocenters. The number of H-pyrrole nitrogens is 1. The van der Waals surface area contributed by atoms with E-state index >= 15 is 0 Å². The summed E-state index contributed by atoms with van der Waals surface area (Å²) >= 11 is 0. The molecule has 3 N–H and O–H groups in total. The largest absolute Gasteiger partial charge is 0.445 e. The number of ether oxygens (including phenoxy) is 1. The molecule has 2 aromatic heterocycles. The molecule has 1 aliphatic carbocycles. The molecule has 1 saturated carbocycles. The van der Waals surface area contributed by atoms with Crippen LogP contribution in [0, 0.1) is 10.1 Å². The Morgan fingerprint density at radius 3 is 2.50 bits per heavy atom. The number of pyridine rings is 1. The Morgan fingerprint density at radius 1 is 1.05 bits per heavy atom. The highest BCUT2D eigenvalue weighted by Crippen LogP contribution is 2.38. The van der Waals surface area contributed by atoms with Gasteiger partial charge >= 0.3 is 6.09 Å². The highest BCUT2D eigenvalue weighted by molar-refractivity contribution is 5.91. The van der Waals surface area contributed by atoms with Crippen molar-refractivity contribution in [1.29, 1.82) is 0 Å². The average Bonchev–Trinajstić information content (AvgIpc) is 3.42. The predicted octanol–water partition coefficient (Wildman–Crippen LogP) is 5.72. The summed E-state index contributed by atoms with van der Waals surface area (Å²) in [6, 6.07) is 19.5. The van der Waals surface area contributed by atoms with Crippen LogP contribution in [0.25, 0.3) is 10.9 Å². The van der Waals surface area contributed by atoms with Gasteiger partial charge in [0.05, 0.1) is 4.92 Å². The second-order valence-electron chi connectivity index (χ2n) is 11.2. The molecule has 218 valence electrons. The van der Waals surface area contributed by atoms with Gasteiger partial charge in [0.15, 0.2) is 0 Å². The minimum absolute atomic E-state index is 0.0485. The van der Waals surface area contributed by atoms with Crippen LogP contribution in [0.1, 0.15) is 55.8 Å². The maximum atomic E-state index is 14.0. The molecule has 0 bridgehead atoms. The minimum atomic E-state index is -1.34. The van der Waals surface area contributed by atoms with Gasteiger partial charge < -0.3 is 20.4 Å². The summed E-state index contributed by atoms with van der Waals surface area (Å²) < 4.78 is 5.45. The molecule has 5 rings (SSSR count). The van der Waals surface area contributed by atoms with Gasteiger partial charge in [-0.25, -0.2) is 4.79 Å². The lowest BCUT2D eigenvalue weighted by molar-refractivity contribution is -0.384.